The van der Waals surface area contributed by atoms with Gasteiger partial charge in [0.05, 0.1) is 7.59 Å². The Balaban J connectivity index is 3.23. The third kappa shape index (κ3) is 3.18. The fourth-order valence-electron chi connectivity index (χ4n) is 1.65. The molecule has 0 radical (unpaired) electrons. The van der Waals surface area contributed by atoms with Crippen molar-refractivity contribution in [2.45, 2.75) is 39.7 Å². The maximum atomic E-state index is 12.5. The monoisotopic (exact) mass is 290 g/mol. The Morgan fingerprint density at radius 2 is 1.53 bits per heavy atom. The fourth-order valence-corrected chi connectivity index (χ4v) is 5.95. The Hall–Kier alpha value is -1.30. The molecule has 19 heavy (non-hydrogen) atoms. The maximum absolute atomic E-state index is 12.5. The van der Waals surface area contributed by atoms with Crippen molar-refractivity contribution in [2.24, 2.45) is 0 Å². The SMILES string of the molecule is Cc1ccc(C(=O)C(=[N+]=[N-])[Si](C)(C)[Si](C)(C)C)cc1. The van der Waals surface area contributed by atoms with Crippen LogP contribution in [0.5, 0.6) is 0 Å². The topological polar surface area (TPSA) is 53.5 Å². The summed E-state index contributed by atoms with van der Waals surface area (Å²) in [5, 5.41) is 0.399. The van der Waals surface area contributed by atoms with E-state index in [1.54, 1.807) is 12.1 Å². The summed E-state index contributed by atoms with van der Waals surface area (Å²) in [5.41, 5.74) is 11.1. The predicted molar refractivity (Wildman–Crippen MR) is 85.0 cm³/mol. The molecule has 1 rings (SSSR count). The first kappa shape index (κ1) is 15.8. The van der Waals surface area contributed by atoms with Gasteiger partial charge in [0.2, 0.25) is 0 Å². The largest absolute Gasteiger partial charge is 0.362 e. The minimum absolute atomic E-state index is 0.124. The summed E-state index contributed by atoms with van der Waals surface area (Å²) in [4.78, 5) is 15.9. The zero-order chi connectivity index (χ0) is 14.8. The second-order valence-corrected chi connectivity index (χ2v) is 23.0. The molecule has 1 aromatic rings. The van der Waals surface area contributed by atoms with Crippen molar-refractivity contribution in [1.29, 1.82) is 0 Å². The quantitative estimate of drug-likeness (QED) is 0.275. The highest BCUT2D eigenvalue weighted by molar-refractivity contribution is 7.53. The van der Waals surface area contributed by atoms with Crippen LogP contribution in [-0.4, -0.2) is 31.1 Å². The van der Waals surface area contributed by atoms with Crippen LogP contribution in [0.15, 0.2) is 24.3 Å². The van der Waals surface area contributed by atoms with E-state index in [1.807, 2.05) is 19.1 Å². The van der Waals surface area contributed by atoms with E-state index in [-0.39, 0.29) is 5.78 Å². The third-order valence-electron chi connectivity index (χ3n) is 4.10. The third-order valence-corrected chi connectivity index (χ3v) is 21.3. The van der Waals surface area contributed by atoms with E-state index < -0.39 is 15.2 Å². The lowest BCUT2D eigenvalue weighted by Crippen LogP contribution is -2.61. The lowest BCUT2D eigenvalue weighted by Gasteiger charge is -2.29. The van der Waals surface area contributed by atoms with E-state index in [1.165, 1.54) is 0 Å². The number of ketones is 1. The normalized spacial score (nSPS) is 11.9. The molecular weight excluding hydrogens is 268 g/mol. The number of hydrogen-bond donors (Lipinski definition) is 0. The van der Waals surface area contributed by atoms with Gasteiger partial charge in [0, 0.05) is 5.56 Å². The summed E-state index contributed by atoms with van der Waals surface area (Å²) in [6, 6.07) is 7.42. The molecule has 102 valence electrons. The van der Waals surface area contributed by atoms with Gasteiger partial charge in [0.25, 0.3) is 5.78 Å². The predicted octanol–water partition coefficient (Wildman–Crippen LogP) is 3.51. The van der Waals surface area contributed by atoms with Gasteiger partial charge in [0.1, 0.15) is 0 Å². The maximum Gasteiger partial charge on any atom is 0.302 e. The molecule has 0 bridgehead atoms. The molecule has 0 saturated carbocycles. The molecule has 0 saturated heterocycles. The van der Waals surface area contributed by atoms with Crippen LogP contribution in [0.4, 0.5) is 0 Å². The van der Waals surface area contributed by atoms with E-state index >= 15 is 0 Å². The van der Waals surface area contributed by atoms with E-state index in [4.69, 9.17) is 0 Å². The molecule has 0 aliphatic heterocycles. The lowest BCUT2D eigenvalue weighted by atomic mass is 10.1. The summed E-state index contributed by atoms with van der Waals surface area (Å²) >= 11 is 0. The van der Waals surface area contributed by atoms with Crippen molar-refractivity contribution in [3.8, 4) is 0 Å². The Labute approximate surface area is 117 Å². The second-order valence-electron chi connectivity index (χ2n) is 6.52. The van der Waals surface area contributed by atoms with Crippen molar-refractivity contribution < 1.29 is 9.58 Å². The van der Waals surface area contributed by atoms with Gasteiger partial charge in [-0.1, -0.05) is 62.6 Å². The molecule has 0 aliphatic rings. The van der Waals surface area contributed by atoms with Crippen molar-refractivity contribution in [3.63, 3.8) is 0 Å². The molecule has 0 aromatic heterocycles. The molecule has 1 aromatic carbocycles. The van der Waals surface area contributed by atoms with Gasteiger partial charge >= 0.3 is 5.33 Å². The number of nitrogens with zero attached hydrogens (tertiary/aromatic N) is 2. The molecule has 3 nitrogen and oxygen atoms in total. The van der Waals surface area contributed by atoms with Crippen LogP contribution in [0.25, 0.3) is 5.53 Å². The molecule has 0 N–H and O–H groups in total. The summed E-state index contributed by atoms with van der Waals surface area (Å²) in [6.07, 6.45) is 0. The summed E-state index contributed by atoms with van der Waals surface area (Å²) in [7, 11) is -3.55. The standard InChI is InChI=1S/C14H22N2OSi2/c1-11-7-9-12(10-8-11)13(17)14(16-15)19(5,6)18(2,3)4/h7-10H,1-6H3. The van der Waals surface area contributed by atoms with Crippen LogP contribution in [-0.2, 0) is 0 Å². The summed E-state index contributed by atoms with van der Waals surface area (Å²) in [6.45, 7) is 12.9. The van der Waals surface area contributed by atoms with E-state index in [0.29, 0.717) is 10.9 Å². The van der Waals surface area contributed by atoms with Crippen molar-refractivity contribution in [3.05, 3.63) is 40.9 Å². The number of rotatable bonds is 4. The number of Topliss-reactive ketones (excluding diaryl/α,β-unsaturated/α-hetero) is 1. The highest BCUT2D eigenvalue weighted by atomic mass is 29.3. The summed E-state index contributed by atoms with van der Waals surface area (Å²) < 4.78 is 0. The average molecular weight is 291 g/mol. The zero-order valence-corrected chi connectivity index (χ0v) is 14.6. The van der Waals surface area contributed by atoms with Crippen LogP contribution in [0.1, 0.15) is 15.9 Å². The van der Waals surface area contributed by atoms with Crippen molar-refractivity contribution in [2.75, 3.05) is 0 Å². The Kier molecular flexibility index (Phi) is 4.45. The number of carbonyl (C=O) groups excluding carboxylic acids is 1. The number of hydrogen-bond acceptors (Lipinski definition) is 1. The van der Waals surface area contributed by atoms with Crippen LogP contribution in [0.2, 0.25) is 32.7 Å². The molecule has 0 aliphatic carbocycles. The minimum atomic E-state index is -2.00. The van der Waals surface area contributed by atoms with Crippen LogP contribution in [0, 0.1) is 6.92 Å². The number of benzene rings is 1. The van der Waals surface area contributed by atoms with Crippen LogP contribution in [0.3, 0.4) is 0 Å². The van der Waals surface area contributed by atoms with Crippen molar-refractivity contribution in [1.82, 2.24) is 0 Å². The van der Waals surface area contributed by atoms with E-state index in [2.05, 4.69) is 37.5 Å². The first-order valence-electron chi connectivity index (χ1n) is 6.45. The molecular formula is C14H22N2OSi2. The van der Waals surface area contributed by atoms with Gasteiger partial charge in [-0.15, -0.1) is 0 Å². The number of carbonyl (C=O) groups is 1. The fraction of sp³-hybridized carbons (Fsp3) is 0.429. The van der Waals surface area contributed by atoms with Gasteiger partial charge in [-0.25, -0.2) is 0 Å². The Bertz CT molecular complexity index is 536. The number of aryl methyl sites for hydroxylation is 1. The van der Waals surface area contributed by atoms with E-state index in [0.717, 1.165) is 5.56 Å². The zero-order valence-electron chi connectivity index (χ0n) is 12.6. The molecule has 0 amide bonds. The molecule has 0 atom stereocenters. The van der Waals surface area contributed by atoms with E-state index in [9.17, 15) is 10.3 Å². The van der Waals surface area contributed by atoms with Crippen molar-refractivity contribution >= 4 is 26.3 Å². The molecule has 0 unspecified atom stereocenters. The van der Waals surface area contributed by atoms with Gasteiger partial charge < -0.3 is 5.53 Å². The lowest BCUT2D eigenvalue weighted by molar-refractivity contribution is -0.00226. The average Bonchev–Trinajstić information content (AvgIpc) is 2.28. The Morgan fingerprint density at radius 1 is 1.05 bits per heavy atom. The van der Waals surface area contributed by atoms with Crippen LogP contribution >= 0.6 is 0 Å². The summed E-state index contributed by atoms with van der Waals surface area (Å²) in [5.74, 6) is -0.124. The highest BCUT2D eigenvalue weighted by Crippen LogP contribution is 2.21. The first-order valence-corrected chi connectivity index (χ1v) is 13.9. The Morgan fingerprint density at radius 3 is 1.89 bits per heavy atom. The molecule has 0 heterocycles. The molecule has 5 heteroatoms. The molecule has 0 spiro atoms. The minimum Gasteiger partial charge on any atom is -0.362 e. The van der Waals surface area contributed by atoms with Gasteiger partial charge in [0.15, 0.2) is 7.59 Å². The van der Waals surface area contributed by atoms with Gasteiger partial charge in [-0.05, 0) is 6.92 Å². The highest BCUT2D eigenvalue weighted by Gasteiger charge is 2.50. The second kappa shape index (κ2) is 5.37. The molecule has 0 fully saturated rings. The smallest absolute Gasteiger partial charge is 0.302 e. The van der Waals surface area contributed by atoms with Gasteiger partial charge in [-0.3, -0.25) is 4.79 Å². The first-order chi connectivity index (χ1) is 8.61. The van der Waals surface area contributed by atoms with Crippen LogP contribution < -0.4 is 0 Å². The van der Waals surface area contributed by atoms with Gasteiger partial charge in [-0.2, -0.15) is 4.79 Å².